The molecule has 2 aromatic rings. The number of nitrogens with zero attached hydrogens (tertiary/aromatic N) is 2. The van der Waals surface area contributed by atoms with Crippen molar-refractivity contribution in [1.82, 2.24) is 4.90 Å². The Morgan fingerprint density at radius 3 is 2.62 bits per heavy atom. The van der Waals surface area contributed by atoms with Gasteiger partial charge in [-0.3, -0.25) is 9.59 Å². The van der Waals surface area contributed by atoms with Crippen molar-refractivity contribution in [3.63, 3.8) is 0 Å². The van der Waals surface area contributed by atoms with Crippen LogP contribution in [0.3, 0.4) is 0 Å². The van der Waals surface area contributed by atoms with Crippen LogP contribution in [-0.4, -0.2) is 55.7 Å². The molecule has 0 aromatic heterocycles. The number of para-hydroxylation sites is 2. The first-order valence-electron chi connectivity index (χ1n) is 9.40. The van der Waals surface area contributed by atoms with Gasteiger partial charge in [0.15, 0.2) is 6.10 Å². The molecule has 6 nitrogen and oxygen atoms in total. The monoisotopic (exact) mass is 418 g/mol. The molecule has 2 aromatic carbocycles. The number of carbonyl (C=O) groups excluding carboxylic acids is 2. The van der Waals surface area contributed by atoms with E-state index < -0.39 is 11.9 Å². The van der Waals surface area contributed by atoms with Gasteiger partial charge < -0.3 is 19.3 Å². The zero-order chi connectivity index (χ0) is 20.4. The predicted octanol–water partition coefficient (Wildman–Crippen LogP) is 2.67. The molecule has 2 heterocycles. The summed E-state index contributed by atoms with van der Waals surface area (Å²) < 4.78 is 25.4. The van der Waals surface area contributed by atoms with Gasteiger partial charge in [0.05, 0.1) is 31.9 Å². The van der Waals surface area contributed by atoms with Gasteiger partial charge in [-0.2, -0.15) is 0 Å². The van der Waals surface area contributed by atoms with Crippen molar-refractivity contribution in [3.05, 3.63) is 58.9 Å². The molecular formula is C21H20ClFN2O4. The molecule has 0 N–H and O–H groups in total. The number of hydrogen-bond donors (Lipinski definition) is 0. The molecule has 1 atom stereocenters. The number of amides is 2. The molecule has 1 saturated heterocycles. The molecule has 2 aliphatic heterocycles. The molecule has 0 bridgehead atoms. The Morgan fingerprint density at radius 1 is 1.10 bits per heavy atom. The van der Waals surface area contributed by atoms with E-state index in [0.29, 0.717) is 37.7 Å². The van der Waals surface area contributed by atoms with Crippen molar-refractivity contribution >= 4 is 29.1 Å². The van der Waals surface area contributed by atoms with Crippen molar-refractivity contribution < 1.29 is 23.5 Å². The number of rotatable bonds is 3. The van der Waals surface area contributed by atoms with Crippen molar-refractivity contribution in [1.29, 1.82) is 0 Å². The lowest BCUT2D eigenvalue weighted by Crippen LogP contribution is -2.54. The average molecular weight is 419 g/mol. The first-order chi connectivity index (χ1) is 14.0. The molecule has 152 valence electrons. The highest BCUT2D eigenvalue weighted by molar-refractivity contribution is 6.31. The molecule has 0 spiro atoms. The average Bonchev–Trinajstić information content (AvgIpc) is 2.75. The zero-order valence-corrected chi connectivity index (χ0v) is 16.4. The Balaban J connectivity index is 1.59. The summed E-state index contributed by atoms with van der Waals surface area (Å²) in [4.78, 5) is 29.2. The molecule has 29 heavy (non-hydrogen) atoms. The Kier molecular flexibility index (Phi) is 5.69. The number of benzene rings is 2. The van der Waals surface area contributed by atoms with Gasteiger partial charge in [-0.25, -0.2) is 4.39 Å². The van der Waals surface area contributed by atoms with E-state index in [4.69, 9.17) is 21.1 Å². The third-order valence-electron chi connectivity index (χ3n) is 5.06. The largest absolute Gasteiger partial charge is 0.476 e. The van der Waals surface area contributed by atoms with E-state index in [-0.39, 0.29) is 35.4 Å². The number of anilines is 1. The number of halogens is 2. The highest BCUT2D eigenvalue weighted by Gasteiger charge is 2.36. The molecule has 8 heteroatoms. The van der Waals surface area contributed by atoms with Crippen molar-refractivity contribution in [2.45, 2.75) is 12.5 Å². The fraction of sp³-hybridized carbons (Fsp3) is 0.333. The highest BCUT2D eigenvalue weighted by Crippen LogP contribution is 2.34. The Hall–Kier alpha value is -2.64. The molecule has 0 aliphatic carbocycles. The minimum Gasteiger partial charge on any atom is -0.476 e. The molecule has 0 radical (unpaired) electrons. The molecule has 2 amide bonds. The quantitative estimate of drug-likeness (QED) is 0.769. The second-order valence-corrected chi connectivity index (χ2v) is 7.30. The maximum absolute atomic E-state index is 14.2. The van der Waals surface area contributed by atoms with Crippen LogP contribution in [-0.2, 0) is 20.7 Å². The summed E-state index contributed by atoms with van der Waals surface area (Å²) in [7, 11) is 0. The lowest BCUT2D eigenvalue weighted by molar-refractivity contribution is -0.142. The minimum absolute atomic E-state index is 0.0537. The van der Waals surface area contributed by atoms with Crippen LogP contribution in [0.2, 0.25) is 5.02 Å². The maximum atomic E-state index is 14.2. The van der Waals surface area contributed by atoms with Crippen LogP contribution in [0.5, 0.6) is 5.75 Å². The van der Waals surface area contributed by atoms with Crippen LogP contribution < -0.4 is 9.64 Å². The number of morpholine rings is 1. The van der Waals surface area contributed by atoms with Crippen molar-refractivity contribution in [3.8, 4) is 5.75 Å². The fourth-order valence-corrected chi connectivity index (χ4v) is 3.76. The van der Waals surface area contributed by atoms with Crippen molar-refractivity contribution in [2.75, 3.05) is 37.7 Å². The van der Waals surface area contributed by atoms with Crippen LogP contribution in [0.15, 0.2) is 42.5 Å². The second kappa shape index (κ2) is 8.39. The Bertz CT molecular complexity index is 912. The van der Waals surface area contributed by atoms with E-state index in [9.17, 15) is 14.0 Å². The Morgan fingerprint density at radius 2 is 1.86 bits per heavy atom. The topological polar surface area (TPSA) is 59.1 Å². The molecular weight excluding hydrogens is 399 g/mol. The summed E-state index contributed by atoms with van der Waals surface area (Å²) in [5.74, 6) is -0.635. The van der Waals surface area contributed by atoms with E-state index >= 15 is 0 Å². The molecule has 1 unspecified atom stereocenters. The van der Waals surface area contributed by atoms with Gasteiger partial charge in [0.2, 0.25) is 5.91 Å². The first-order valence-corrected chi connectivity index (χ1v) is 9.78. The van der Waals surface area contributed by atoms with Gasteiger partial charge >= 0.3 is 0 Å². The third kappa shape index (κ3) is 4.06. The SMILES string of the molecule is O=C(C1CN(C(=O)Cc2c(F)cccc2Cl)c2ccccc2O1)N1CCOCC1. The Labute approximate surface area is 172 Å². The molecule has 2 aliphatic rings. The van der Waals surface area contributed by atoms with Gasteiger partial charge in [0, 0.05) is 23.7 Å². The lowest BCUT2D eigenvalue weighted by atomic mass is 10.1. The normalized spacial score (nSPS) is 18.8. The highest BCUT2D eigenvalue weighted by atomic mass is 35.5. The third-order valence-corrected chi connectivity index (χ3v) is 5.42. The lowest BCUT2D eigenvalue weighted by Gasteiger charge is -2.37. The predicted molar refractivity (Wildman–Crippen MR) is 106 cm³/mol. The van der Waals surface area contributed by atoms with Crippen LogP contribution in [0.25, 0.3) is 0 Å². The maximum Gasteiger partial charge on any atom is 0.265 e. The van der Waals surface area contributed by atoms with Crippen LogP contribution in [0.1, 0.15) is 5.56 Å². The summed E-state index contributed by atoms with van der Waals surface area (Å²) in [6, 6.07) is 11.3. The molecule has 0 saturated carbocycles. The first kappa shape index (κ1) is 19.7. The van der Waals surface area contributed by atoms with E-state index in [1.165, 1.54) is 17.0 Å². The van der Waals surface area contributed by atoms with Crippen LogP contribution in [0, 0.1) is 5.82 Å². The van der Waals surface area contributed by atoms with Gasteiger partial charge in [-0.1, -0.05) is 29.8 Å². The van der Waals surface area contributed by atoms with Gasteiger partial charge in [-0.05, 0) is 24.3 Å². The van der Waals surface area contributed by atoms with E-state index in [2.05, 4.69) is 0 Å². The summed E-state index contributed by atoms with van der Waals surface area (Å²) in [5.41, 5.74) is 0.690. The smallest absolute Gasteiger partial charge is 0.265 e. The van der Waals surface area contributed by atoms with Crippen LogP contribution >= 0.6 is 11.6 Å². The standard InChI is InChI=1S/C21H20ClFN2O4/c22-15-4-3-5-16(23)14(15)12-20(26)25-13-19(21(27)24-8-10-28-11-9-24)29-18-7-2-1-6-17(18)25/h1-7,19H,8-13H2. The summed E-state index contributed by atoms with van der Waals surface area (Å²) in [6.07, 6.45) is -1.04. The van der Waals surface area contributed by atoms with E-state index in [1.54, 1.807) is 35.2 Å². The zero-order valence-electron chi connectivity index (χ0n) is 15.6. The summed E-state index contributed by atoms with van der Waals surface area (Å²) >= 11 is 6.09. The summed E-state index contributed by atoms with van der Waals surface area (Å²) in [6.45, 7) is 1.98. The molecule has 4 rings (SSSR count). The van der Waals surface area contributed by atoms with Crippen LogP contribution in [0.4, 0.5) is 10.1 Å². The van der Waals surface area contributed by atoms with Gasteiger partial charge in [0.25, 0.3) is 5.91 Å². The number of carbonyl (C=O) groups is 2. The van der Waals surface area contributed by atoms with Crippen molar-refractivity contribution in [2.24, 2.45) is 0 Å². The van der Waals surface area contributed by atoms with E-state index in [0.717, 1.165) is 0 Å². The number of ether oxygens (including phenoxy) is 2. The fourth-order valence-electron chi connectivity index (χ4n) is 3.53. The number of fused-ring (bicyclic) bond motifs is 1. The minimum atomic E-state index is -0.831. The van der Waals surface area contributed by atoms with Gasteiger partial charge in [0.1, 0.15) is 11.6 Å². The van der Waals surface area contributed by atoms with Gasteiger partial charge in [-0.15, -0.1) is 0 Å². The van der Waals surface area contributed by atoms with E-state index in [1.807, 2.05) is 0 Å². The number of hydrogen-bond acceptors (Lipinski definition) is 4. The summed E-state index contributed by atoms with van der Waals surface area (Å²) in [5, 5.41) is 0.195. The molecule has 1 fully saturated rings. The second-order valence-electron chi connectivity index (χ2n) is 6.89.